The van der Waals surface area contributed by atoms with Crippen molar-refractivity contribution in [1.29, 1.82) is 0 Å². The second-order valence-corrected chi connectivity index (χ2v) is 22.9. The first-order valence-electron chi connectivity index (χ1n) is 30.6. The molecule has 0 saturated heterocycles. The van der Waals surface area contributed by atoms with Crippen LogP contribution in [0.15, 0.2) is 97.2 Å². The minimum Gasteiger partial charge on any atom is -0.456 e. The second kappa shape index (κ2) is 54.3. The Labute approximate surface area is 462 Å². The van der Waals surface area contributed by atoms with Gasteiger partial charge in [-0.3, -0.25) is 18.6 Å². The third-order valence-electron chi connectivity index (χ3n) is 13.0. The largest absolute Gasteiger partial charge is 0.472 e. The van der Waals surface area contributed by atoms with Crippen molar-refractivity contribution in [1.82, 2.24) is 5.32 Å². The van der Waals surface area contributed by atoms with Crippen molar-refractivity contribution < 1.29 is 37.3 Å². The zero-order chi connectivity index (χ0) is 55.0. The molecule has 0 saturated carbocycles. The van der Waals surface area contributed by atoms with E-state index in [-0.39, 0.29) is 31.5 Å². The number of nitrogens with zero attached hydrogens (tertiary/aromatic N) is 1. The third-order valence-corrected chi connectivity index (χ3v) is 14.0. The maximum atomic E-state index is 13.5. The highest BCUT2D eigenvalue weighted by Gasteiger charge is 2.30. The summed E-state index contributed by atoms with van der Waals surface area (Å²) in [4.78, 5) is 37.6. The Morgan fingerprint density at radius 1 is 0.480 bits per heavy atom. The van der Waals surface area contributed by atoms with E-state index in [1.54, 1.807) is 0 Å². The number of likely N-dealkylation sites (N-methyl/N-ethyl adjacent to an activating group) is 1. The first-order chi connectivity index (χ1) is 36.4. The molecule has 432 valence electrons. The molecule has 3 unspecified atom stereocenters. The lowest BCUT2D eigenvalue weighted by Crippen LogP contribution is -2.47. The van der Waals surface area contributed by atoms with Crippen LogP contribution in [0.25, 0.3) is 0 Å². The van der Waals surface area contributed by atoms with E-state index in [9.17, 15) is 19.0 Å². The minimum absolute atomic E-state index is 0.0298. The number of allylic oxidation sites excluding steroid dienone is 15. The predicted octanol–water partition coefficient (Wildman–Crippen LogP) is 18.8. The summed E-state index contributed by atoms with van der Waals surface area (Å²) >= 11 is 0. The maximum Gasteiger partial charge on any atom is 0.472 e. The van der Waals surface area contributed by atoms with E-state index >= 15 is 0 Å². The number of hydrogen-bond donors (Lipinski definition) is 2. The predicted molar refractivity (Wildman–Crippen MR) is 323 cm³/mol. The molecule has 0 aromatic carbocycles. The van der Waals surface area contributed by atoms with Crippen LogP contribution in [0.4, 0.5) is 0 Å². The summed E-state index contributed by atoms with van der Waals surface area (Å²) in [5, 5.41) is 3.04. The number of amides is 1. The van der Waals surface area contributed by atoms with Crippen LogP contribution in [0, 0.1) is 0 Å². The molecule has 0 aliphatic rings. The molecule has 0 radical (unpaired) electrons. The van der Waals surface area contributed by atoms with Gasteiger partial charge in [0.2, 0.25) is 5.91 Å². The Hall–Kier alpha value is -3.07. The molecule has 1 amide bonds. The topological polar surface area (TPSA) is 111 Å². The van der Waals surface area contributed by atoms with Crippen LogP contribution in [0.2, 0.25) is 0 Å². The summed E-state index contributed by atoms with van der Waals surface area (Å²) in [7, 11) is 1.46. The standard InChI is InChI=1S/C65H115N2O7P/c1-7-10-13-16-19-22-25-27-29-30-31-32-33-34-35-36-38-39-42-45-48-51-54-57-64(68)66-62(61-73-75(70,71)72-60-59-67(4,5)6)63(56-53-50-47-44-41-24-21-18-15-12-9-3)74-65(69)58-55-52-49-46-43-40-37-28-26-23-20-17-14-11-8-2/h10,13,19,22-23,26-27,29,31-32,34-35,38-39,53,56,62-63H,7-9,11-12,14-18,20-21,24-25,28,30,33,36-37,40-52,54-55,57-61H2,1-6H3,(H-,66,68,70,71)/p+1/b13-10-,22-19-,26-23-,29-27-,32-31-,35-34-,39-38-,56-53-. The number of esters is 1. The molecule has 9 nitrogen and oxygen atoms in total. The van der Waals surface area contributed by atoms with Crippen LogP contribution >= 0.6 is 7.82 Å². The van der Waals surface area contributed by atoms with Gasteiger partial charge in [0.05, 0.1) is 33.8 Å². The number of nitrogens with one attached hydrogen (secondary N) is 1. The monoisotopic (exact) mass is 1070 g/mol. The summed E-state index contributed by atoms with van der Waals surface area (Å²) in [6.45, 7) is 6.85. The quantitative estimate of drug-likeness (QED) is 0.0205. The summed E-state index contributed by atoms with van der Waals surface area (Å²) in [6, 6.07) is -0.868. The molecule has 0 rings (SSSR count). The van der Waals surface area contributed by atoms with Crippen molar-refractivity contribution >= 4 is 19.7 Å². The van der Waals surface area contributed by atoms with Gasteiger partial charge < -0.3 is 19.4 Å². The molecule has 0 spiro atoms. The van der Waals surface area contributed by atoms with Crippen molar-refractivity contribution in [2.45, 2.75) is 264 Å². The van der Waals surface area contributed by atoms with Crippen molar-refractivity contribution in [3.63, 3.8) is 0 Å². The van der Waals surface area contributed by atoms with Gasteiger partial charge in [-0.05, 0) is 109 Å². The molecule has 75 heavy (non-hydrogen) atoms. The molecule has 2 N–H and O–H groups in total. The Morgan fingerprint density at radius 3 is 1.31 bits per heavy atom. The van der Waals surface area contributed by atoms with E-state index in [1.165, 1.54) is 96.3 Å². The molecule has 0 fully saturated rings. The molecular formula is C65H116N2O7P+. The molecule has 0 heterocycles. The highest BCUT2D eigenvalue weighted by Crippen LogP contribution is 2.43. The average molecular weight is 1070 g/mol. The molecule has 0 aromatic heterocycles. The lowest BCUT2D eigenvalue weighted by atomic mass is 10.1. The smallest absolute Gasteiger partial charge is 0.456 e. The lowest BCUT2D eigenvalue weighted by molar-refractivity contribution is -0.870. The molecule has 3 atom stereocenters. The van der Waals surface area contributed by atoms with Crippen molar-refractivity contribution in [2.24, 2.45) is 0 Å². The Bertz CT molecular complexity index is 1610. The molecule has 0 aliphatic heterocycles. The van der Waals surface area contributed by atoms with E-state index < -0.39 is 20.0 Å². The van der Waals surface area contributed by atoms with Crippen LogP contribution in [0.3, 0.4) is 0 Å². The van der Waals surface area contributed by atoms with Gasteiger partial charge in [-0.2, -0.15) is 0 Å². The van der Waals surface area contributed by atoms with Gasteiger partial charge in [0.25, 0.3) is 0 Å². The highest BCUT2D eigenvalue weighted by atomic mass is 31.2. The number of rotatable bonds is 54. The van der Waals surface area contributed by atoms with Crippen molar-refractivity contribution in [2.75, 3.05) is 40.9 Å². The van der Waals surface area contributed by atoms with Crippen molar-refractivity contribution in [3.8, 4) is 0 Å². The fraction of sp³-hybridized carbons (Fsp3) is 0.723. The molecule has 10 heteroatoms. The zero-order valence-corrected chi connectivity index (χ0v) is 50.2. The van der Waals surface area contributed by atoms with Crippen LogP contribution in [0.5, 0.6) is 0 Å². The van der Waals surface area contributed by atoms with E-state index in [1.807, 2.05) is 33.3 Å². The Kier molecular flexibility index (Phi) is 52.1. The van der Waals surface area contributed by atoms with Crippen LogP contribution in [0.1, 0.15) is 252 Å². The number of unbranched alkanes of at least 4 members (excludes halogenated alkanes) is 24. The van der Waals surface area contributed by atoms with Gasteiger partial charge in [-0.1, -0.05) is 227 Å². The van der Waals surface area contributed by atoms with E-state index in [0.29, 0.717) is 23.9 Å². The number of carbonyl (C=O) groups is 2. The van der Waals surface area contributed by atoms with Gasteiger partial charge in [0.1, 0.15) is 19.3 Å². The summed E-state index contributed by atoms with van der Waals surface area (Å²) in [5.41, 5.74) is 0. The number of hydrogen-bond acceptors (Lipinski definition) is 6. The minimum atomic E-state index is -4.46. The van der Waals surface area contributed by atoms with E-state index in [2.05, 4.69) is 111 Å². The maximum absolute atomic E-state index is 13.5. The number of quaternary nitrogens is 1. The molecule has 0 aromatic rings. The highest BCUT2D eigenvalue weighted by molar-refractivity contribution is 7.47. The lowest BCUT2D eigenvalue weighted by Gasteiger charge is -2.27. The van der Waals surface area contributed by atoms with Crippen LogP contribution in [-0.4, -0.2) is 74.3 Å². The van der Waals surface area contributed by atoms with Gasteiger partial charge in [0.15, 0.2) is 0 Å². The number of carbonyl (C=O) groups excluding carboxylic acids is 2. The van der Waals surface area contributed by atoms with E-state index in [0.717, 1.165) is 116 Å². The summed E-state index contributed by atoms with van der Waals surface area (Å²) in [5.74, 6) is -0.544. The van der Waals surface area contributed by atoms with E-state index in [4.69, 9.17) is 13.8 Å². The second-order valence-electron chi connectivity index (χ2n) is 21.5. The van der Waals surface area contributed by atoms with Crippen LogP contribution < -0.4 is 5.32 Å². The van der Waals surface area contributed by atoms with Gasteiger partial charge in [-0.25, -0.2) is 4.57 Å². The van der Waals surface area contributed by atoms with Gasteiger partial charge in [-0.15, -0.1) is 0 Å². The summed E-state index contributed by atoms with van der Waals surface area (Å²) < 4.78 is 30.6. The van der Waals surface area contributed by atoms with Gasteiger partial charge >= 0.3 is 13.8 Å². The number of phosphoric ester groups is 1. The first kappa shape index (κ1) is 71.9. The number of phosphoric acid groups is 1. The van der Waals surface area contributed by atoms with Crippen molar-refractivity contribution in [3.05, 3.63) is 97.2 Å². The number of ether oxygens (including phenoxy) is 1. The Balaban J connectivity index is 5.28. The summed E-state index contributed by atoms with van der Waals surface area (Å²) in [6.07, 6.45) is 72.6. The third kappa shape index (κ3) is 55.5. The van der Waals surface area contributed by atoms with Crippen LogP contribution in [-0.2, 0) is 27.9 Å². The van der Waals surface area contributed by atoms with Gasteiger partial charge in [0, 0.05) is 12.8 Å². The SMILES string of the molecule is CC/C=C\C/C=C\C/C=C\C/C=C\C/C=C\C/C=C\CCCCCCC(=O)NC(COP(=O)(O)OCC[N+](C)(C)C)C(/C=C\CCCCCCCCCCC)OC(=O)CCCCCCCCC/C=C\CCCCCC. The molecular weight excluding hydrogens is 952 g/mol. The first-order valence-corrected chi connectivity index (χ1v) is 32.1. The zero-order valence-electron chi connectivity index (χ0n) is 49.3. The Morgan fingerprint density at radius 2 is 0.853 bits per heavy atom. The normalized spacial score (nSPS) is 14.4. The fourth-order valence-corrected chi connectivity index (χ4v) is 9.03. The average Bonchev–Trinajstić information content (AvgIpc) is 3.37. The molecule has 0 aliphatic carbocycles. The fourth-order valence-electron chi connectivity index (χ4n) is 8.29. The molecule has 0 bridgehead atoms.